The van der Waals surface area contributed by atoms with Crippen LogP contribution in [0.15, 0.2) is 30.3 Å². The molecule has 3 rings (SSSR count). The molecular weight excluding hydrogens is 292 g/mol. The number of aryl methyl sites for hydroxylation is 2. The quantitative estimate of drug-likeness (QED) is 0.886. The Morgan fingerprint density at radius 2 is 2.26 bits per heavy atom. The number of hydrogen-bond donors (Lipinski definition) is 2. The van der Waals surface area contributed by atoms with Crippen LogP contribution in [-0.4, -0.2) is 41.5 Å². The average molecular weight is 314 g/mol. The van der Waals surface area contributed by atoms with Crippen molar-refractivity contribution in [2.45, 2.75) is 26.5 Å². The van der Waals surface area contributed by atoms with Gasteiger partial charge in [-0.05, 0) is 31.5 Å². The number of rotatable bonds is 4. The van der Waals surface area contributed by atoms with E-state index in [1.165, 1.54) is 0 Å². The van der Waals surface area contributed by atoms with Crippen molar-refractivity contribution >= 4 is 5.91 Å². The molecule has 0 spiro atoms. The molecular formula is C17H22N4O2. The number of nitrogens with one attached hydrogen (secondary N) is 2. The molecule has 2 aromatic rings. The number of carbonyl (C=O) groups excluding carboxylic acids is 1. The fraction of sp³-hybridized carbons (Fsp3) is 0.412. The van der Waals surface area contributed by atoms with Crippen LogP contribution < -0.4 is 10.6 Å². The summed E-state index contributed by atoms with van der Waals surface area (Å²) in [6, 6.07) is 10.0. The van der Waals surface area contributed by atoms with E-state index in [0.717, 1.165) is 29.2 Å². The van der Waals surface area contributed by atoms with Crippen LogP contribution in [0.3, 0.4) is 0 Å². The van der Waals surface area contributed by atoms with Gasteiger partial charge < -0.3 is 15.4 Å². The Kier molecular flexibility index (Phi) is 4.73. The minimum absolute atomic E-state index is 0.0830. The van der Waals surface area contributed by atoms with Crippen LogP contribution in [0.2, 0.25) is 0 Å². The molecule has 1 aromatic heterocycles. The minimum atomic E-state index is -0.412. The number of aromatic nitrogens is 2. The SMILES string of the molecule is Cc1cc(C)n(-c2ccccc2CNC(=O)C2CNCCO2)n1. The third-order valence-electron chi connectivity index (χ3n) is 3.90. The van der Waals surface area contributed by atoms with Gasteiger partial charge in [0.15, 0.2) is 0 Å². The van der Waals surface area contributed by atoms with E-state index in [1.807, 2.05) is 48.9 Å². The molecule has 1 fully saturated rings. The summed E-state index contributed by atoms with van der Waals surface area (Å²) < 4.78 is 7.39. The maximum atomic E-state index is 12.2. The van der Waals surface area contributed by atoms with E-state index in [4.69, 9.17) is 4.74 Å². The van der Waals surface area contributed by atoms with Crippen LogP contribution in [0.25, 0.3) is 5.69 Å². The van der Waals surface area contributed by atoms with Gasteiger partial charge in [-0.1, -0.05) is 18.2 Å². The summed E-state index contributed by atoms with van der Waals surface area (Å²) in [6.07, 6.45) is -0.412. The summed E-state index contributed by atoms with van der Waals surface area (Å²) in [5, 5.41) is 10.6. The molecule has 6 nitrogen and oxygen atoms in total. The average Bonchev–Trinajstić information content (AvgIpc) is 2.92. The molecule has 2 heterocycles. The van der Waals surface area contributed by atoms with E-state index in [2.05, 4.69) is 15.7 Å². The van der Waals surface area contributed by atoms with Gasteiger partial charge in [-0.2, -0.15) is 5.10 Å². The van der Waals surface area contributed by atoms with Crippen molar-refractivity contribution < 1.29 is 9.53 Å². The first kappa shape index (κ1) is 15.7. The zero-order valence-corrected chi connectivity index (χ0v) is 13.5. The fourth-order valence-electron chi connectivity index (χ4n) is 2.77. The summed E-state index contributed by atoms with van der Waals surface area (Å²) >= 11 is 0. The molecule has 6 heteroatoms. The Bertz CT molecular complexity index is 690. The Morgan fingerprint density at radius 1 is 1.43 bits per heavy atom. The first-order valence-corrected chi connectivity index (χ1v) is 7.87. The zero-order valence-electron chi connectivity index (χ0n) is 13.5. The molecule has 1 saturated heterocycles. The van der Waals surface area contributed by atoms with Gasteiger partial charge in [0.25, 0.3) is 5.91 Å². The maximum absolute atomic E-state index is 12.2. The second-order valence-corrected chi connectivity index (χ2v) is 5.75. The van der Waals surface area contributed by atoms with Crippen molar-refractivity contribution in [1.82, 2.24) is 20.4 Å². The molecule has 1 aliphatic rings. The molecule has 1 unspecified atom stereocenters. The number of hydrogen-bond acceptors (Lipinski definition) is 4. The Balaban J connectivity index is 1.73. The van der Waals surface area contributed by atoms with Crippen LogP contribution >= 0.6 is 0 Å². The van der Waals surface area contributed by atoms with Crippen molar-refractivity contribution in [3.8, 4) is 5.69 Å². The third kappa shape index (κ3) is 3.60. The highest BCUT2D eigenvalue weighted by Gasteiger charge is 2.21. The standard InChI is InChI=1S/C17H22N4O2/c1-12-9-13(2)21(20-12)15-6-4-3-5-14(15)10-19-17(22)16-11-18-7-8-23-16/h3-6,9,16,18H,7-8,10-11H2,1-2H3,(H,19,22). The van der Waals surface area contributed by atoms with Crippen molar-refractivity contribution in [2.75, 3.05) is 19.7 Å². The highest BCUT2D eigenvalue weighted by atomic mass is 16.5. The van der Waals surface area contributed by atoms with Crippen molar-refractivity contribution in [3.05, 3.63) is 47.3 Å². The molecule has 0 aliphatic carbocycles. The van der Waals surface area contributed by atoms with Crippen molar-refractivity contribution in [2.24, 2.45) is 0 Å². The number of morpholine rings is 1. The second-order valence-electron chi connectivity index (χ2n) is 5.75. The Morgan fingerprint density at radius 3 is 2.96 bits per heavy atom. The lowest BCUT2D eigenvalue weighted by atomic mass is 10.1. The predicted molar refractivity (Wildman–Crippen MR) is 87.5 cm³/mol. The van der Waals surface area contributed by atoms with Gasteiger partial charge in [-0.25, -0.2) is 4.68 Å². The summed E-state index contributed by atoms with van der Waals surface area (Å²) in [6.45, 7) is 6.38. The number of carbonyl (C=O) groups is 1. The minimum Gasteiger partial charge on any atom is -0.366 e. The van der Waals surface area contributed by atoms with Gasteiger partial charge in [0.2, 0.25) is 0 Å². The molecule has 0 saturated carbocycles. The van der Waals surface area contributed by atoms with Crippen molar-refractivity contribution in [3.63, 3.8) is 0 Å². The Labute approximate surface area is 135 Å². The predicted octanol–water partition coefficient (Wildman–Crippen LogP) is 1.09. The molecule has 1 amide bonds. The molecule has 0 radical (unpaired) electrons. The molecule has 1 atom stereocenters. The lowest BCUT2D eigenvalue weighted by Crippen LogP contribution is -2.47. The third-order valence-corrected chi connectivity index (χ3v) is 3.90. The van der Waals surface area contributed by atoms with Crippen LogP contribution in [-0.2, 0) is 16.1 Å². The normalized spacial score (nSPS) is 17.9. The first-order chi connectivity index (χ1) is 11.1. The number of ether oxygens (including phenoxy) is 1. The fourth-order valence-corrected chi connectivity index (χ4v) is 2.77. The zero-order chi connectivity index (χ0) is 16.2. The second kappa shape index (κ2) is 6.93. The van der Waals surface area contributed by atoms with E-state index in [-0.39, 0.29) is 5.91 Å². The maximum Gasteiger partial charge on any atom is 0.250 e. The molecule has 1 aliphatic heterocycles. The number of nitrogens with zero attached hydrogens (tertiary/aromatic N) is 2. The van der Waals surface area contributed by atoms with Crippen LogP contribution in [0.4, 0.5) is 0 Å². The Hall–Kier alpha value is -2.18. The van der Waals surface area contributed by atoms with Gasteiger partial charge >= 0.3 is 0 Å². The number of amides is 1. The van der Waals surface area contributed by atoms with Crippen LogP contribution in [0.5, 0.6) is 0 Å². The van der Waals surface area contributed by atoms with E-state index in [1.54, 1.807) is 0 Å². The van der Waals surface area contributed by atoms with Gasteiger partial charge in [-0.3, -0.25) is 4.79 Å². The molecule has 0 bridgehead atoms. The topological polar surface area (TPSA) is 68.2 Å². The highest BCUT2D eigenvalue weighted by Crippen LogP contribution is 2.17. The monoisotopic (exact) mass is 314 g/mol. The number of benzene rings is 1. The van der Waals surface area contributed by atoms with Gasteiger partial charge in [-0.15, -0.1) is 0 Å². The molecule has 2 N–H and O–H groups in total. The van der Waals surface area contributed by atoms with E-state index in [9.17, 15) is 4.79 Å². The summed E-state index contributed by atoms with van der Waals surface area (Å²) in [5.74, 6) is -0.0830. The van der Waals surface area contributed by atoms with Gasteiger partial charge in [0.1, 0.15) is 6.10 Å². The van der Waals surface area contributed by atoms with Gasteiger partial charge in [0.05, 0.1) is 18.0 Å². The highest BCUT2D eigenvalue weighted by molar-refractivity contribution is 5.81. The van der Waals surface area contributed by atoms with Crippen LogP contribution in [0, 0.1) is 13.8 Å². The smallest absolute Gasteiger partial charge is 0.250 e. The number of para-hydroxylation sites is 1. The van der Waals surface area contributed by atoms with E-state index >= 15 is 0 Å². The van der Waals surface area contributed by atoms with Crippen LogP contribution in [0.1, 0.15) is 17.0 Å². The first-order valence-electron chi connectivity index (χ1n) is 7.87. The molecule has 122 valence electrons. The van der Waals surface area contributed by atoms with E-state index < -0.39 is 6.10 Å². The van der Waals surface area contributed by atoms with Crippen molar-refractivity contribution in [1.29, 1.82) is 0 Å². The summed E-state index contributed by atoms with van der Waals surface area (Å²) in [5.41, 5.74) is 4.06. The molecule has 1 aromatic carbocycles. The summed E-state index contributed by atoms with van der Waals surface area (Å²) in [4.78, 5) is 12.2. The van der Waals surface area contributed by atoms with Gasteiger partial charge in [0, 0.05) is 25.3 Å². The lowest BCUT2D eigenvalue weighted by Gasteiger charge is -2.23. The van der Waals surface area contributed by atoms with E-state index in [0.29, 0.717) is 19.7 Å². The summed E-state index contributed by atoms with van der Waals surface area (Å²) in [7, 11) is 0. The molecule has 23 heavy (non-hydrogen) atoms. The lowest BCUT2D eigenvalue weighted by molar-refractivity contribution is -0.134. The largest absolute Gasteiger partial charge is 0.366 e.